The summed E-state index contributed by atoms with van der Waals surface area (Å²) < 4.78 is 4.97. The van der Waals surface area contributed by atoms with Gasteiger partial charge in [0, 0.05) is 48.6 Å². The van der Waals surface area contributed by atoms with Gasteiger partial charge >= 0.3 is 0 Å². The average Bonchev–Trinajstić information content (AvgIpc) is 3.65. The average molecular weight is 580 g/mol. The third-order valence-corrected chi connectivity index (χ3v) is 9.58. The van der Waals surface area contributed by atoms with Crippen LogP contribution in [0.4, 0.5) is 0 Å². The lowest BCUT2D eigenvalue weighted by Crippen LogP contribution is -1.95. The molecule has 0 N–H and O–H groups in total. The molecule has 4 aromatic heterocycles. The van der Waals surface area contributed by atoms with Crippen LogP contribution in [-0.4, -0.2) is 14.5 Å². The molecule has 4 heteroatoms. The van der Waals surface area contributed by atoms with Crippen molar-refractivity contribution in [2.45, 2.75) is 0 Å². The second kappa shape index (κ2) is 10.0. The minimum absolute atomic E-state index is 0.951. The van der Waals surface area contributed by atoms with E-state index in [0.717, 1.165) is 44.8 Å². The highest BCUT2D eigenvalue weighted by Crippen LogP contribution is 2.42. The van der Waals surface area contributed by atoms with E-state index in [1.807, 2.05) is 29.7 Å². The zero-order valence-corrected chi connectivity index (χ0v) is 24.5. The van der Waals surface area contributed by atoms with Crippen LogP contribution in [0.25, 0.3) is 81.4 Å². The van der Waals surface area contributed by atoms with Crippen LogP contribution in [0.1, 0.15) is 0 Å². The summed E-state index contributed by atoms with van der Waals surface area (Å²) in [4.78, 5) is 9.99. The number of aromatic nitrogens is 3. The van der Waals surface area contributed by atoms with Gasteiger partial charge in [0.25, 0.3) is 0 Å². The highest BCUT2D eigenvalue weighted by Gasteiger charge is 2.19. The van der Waals surface area contributed by atoms with Crippen LogP contribution in [0.3, 0.4) is 0 Å². The predicted molar refractivity (Wildman–Crippen MR) is 186 cm³/mol. The first kappa shape index (κ1) is 25.0. The first-order chi connectivity index (χ1) is 21.8. The number of rotatable bonds is 4. The van der Waals surface area contributed by atoms with Gasteiger partial charge in [-0.1, -0.05) is 91.0 Å². The molecule has 0 aliphatic carbocycles. The minimum Gasteiger partial charge on any atom is -0.307 e. The fraction of sp³-hybridized carbons (Fsp3) is 0. The van der Waals surface area contributed by atoms with E-state index in [1.165, 1.54) is 36.6 Å². The van der Waals surface area contributed by atoms with Crippen LogP contribution in [0.15, 0.2) is 152 Å². The Bertz CT molecular complexity index is 2420. The molecule has 0 atom stereocenters. The quantitative estimate of drug-likeness (QED) is 0.208. The van der Waals surface area contributed by atoms with Crippen molar-refractivity contribution >= 4 is 53.4 Å². The molecule has 0 aliphatic heterocycles. The van der Waals surface area contributed by atoms with Crippen LogP contribution < -0.4 is 0 Å². The Kier molecular flexibility index (Phi) is 5.68. The molecule has 0 radical (unpaired) electrons. The van der Waals surface area contributed by atoms with Crippen molar-refractivity contribution in [3.8, 4) is 39.3 Å². The van der Waals surface area contributed by atoms with Crippen LogP contribution in [0.5, 0.6) is 0 Å². The van der Waals surface area contributed by atoms with Crippen molar-refractivity contribution in [1.82, 2.24) is 14.5 Å². The van der Waals surface area contributed by atoms with Crippen LogP contribution in [0.2, 0.25) is 0 Å². The molecule has 4 heterocycles. The predicted octanol–water partition coefficient (Wildman–Crippen LogP) is 10.9. The first-order valence-corrected chi connectivity index (χ1v) is 15.6. The number of pyridine rings is 2. The van der Waals surface area contributed by atoms with E-state index < -0.39 is 0 Å². The summed E-state index contributed by atoms with van der Waals surface area (Å²) in [5.41, 5.74) is 10.9. The van der Waals surface area contributed by atoms with E-state index in [2.05, 4.69) is 138 Å². The fourth-order valence-corrected chi connectivity index (χ4v) is 7.52. The Morgan fingerprint density at radius 1 is 0.500 bits per heavy atom. The number of thiophene rings is 1. The van der Waals surface area contributed by atoms with Gasteiger partial charge in [-0.2, -0.15) is 0 Å². The molecule has 5 aromatic carbocycles. The highest BCUT2D eigenvalue weighted by atomic mass is 32.1. The molecule has 0 aliphatic rings. The van der Waals surface area contributed by atoms with E-state index in [0.29, 0.717) is 0 Å². The van der Waals surface area contributed by atoms with Crippen molar-refractivity contribution in [3.05, 3.63) is 152 Å². The van der Waals surface area contributed by atoms with Crippen molar-refractivity contribution < 1.29 is 0 Å². The van der Waals surface area contributed by atoms with Gasteiger partial charge in [0.05, 0.1) is 27.9 Å². The molecule has 0 bridgehead atoms. The van der Waals surface area contributed by atoms with E-state index in [4.69, 9.17) is 9.97 Å². The molecule has 0 fully saturated rings. The molecule has 9 rings (SSSR count). The maximum absolute atomic E-state index is 5.14. The summed E-state index contributed by atoms with van der Waals surface area (Å²) >= 11 is 1.85. The molecular weight excluding hydrogens is 555 g/mol. The van der Waals surface area contributed by atoms with Crippen molar-refractivity contribution in [3.63, 3.8) is 0 Å². The standard InChI is InChI=1S/C40H25N3S/c1-3-10-26(11-4-1)29-24-33(27-12-5-2-6-13-27)42-34(25-29)28-17-19-30(20-18-28)43-35-15-9-23-41-39(35)32-21-22-37-38(40(32)43)31-14-7-8-16-36(31)44-37/h1-25H. The Balaban J connectivity index is 1.25. The summed E-state index contributed by atoms with van der Waals surface area (Å²) in [6, 6.07) is 51.5. The van der Waals surface area contributed by atoms with Crippen molar-refractivity contribution in [2.75, 3.05) is 0 Å². The van der Waals surface area contributed by atoms with Gasteiger partial charge in [-0.3, -0.25) is 4.98 Å². The van der Waals surface area contributed by atoms with E-state index in [9.17, 15) is 0 Å². The Hall–Kier alpha value is -5.58. The van der Waals surface area contributed by atoms with Gasteiger partial charge in [-0.25, -0.2) is 4.98 Å². The third-order valence-electron chi connectivity index (χ3n) is 8.45. The molecule has 0 saturated heterocycles. The molecule has 3 nitrogen and oxygen atoms in total. The summed E-state index contributed by atoms with van der Waals surface area (Å²) in [5.74, 6) is 0. The topological polar surface area (TPSA) is 30.7 Å². The van der Waals surface area contributed by atoms with Crippen molar-refractivity contribution in [2.24, 2.45) is 0 Å². The highest BCUT2D eigenvalue weighted by molar-refractivity contribution is 7.26. The van der Waals surface area contributed by atoms with Crippen LogP contribution >= 0.6 is 11.3 Å². The first-order valence-electron chi connectivity index (χ1n) is 14.7. The third kappa shape index (κ3) is 3.96. The smallest absolute Gasteiger partial charge is 0.0963 e. The van der Waals surface area contributed by atoms with Gasteiger partial charge in [0.2, 0.25) is 0 Å². The lowest BCUT2D eigenvalue weighted by Gasteiger charge is -2.12. The molecule has 0 unspecified atom stereocenters. The van der Waals surface area contributed by atoms with Gasteiger partial charge in [0.1, 0.15) is 0 Å². The number of nitrogens with zero attached hydrogens (tertiary/aromatic N) is 3. The van der Waals surface area contributed by atoms with Gasteiger partial charge in [0.15, 0.2) is 0 Å². The van der Waals surface area contributed by atoms with E-state index in [-0.39, 0.29) is 0 Å². The Morgan fingerprint density at radius 2 is 1.18 bits per heavy atom. The summed E-state index contributed by atoms with van der Waals surface area (Å²) in [6.45, 7) is 0. The summed E-state index contributed by atoms with van der Waals surface area (Å²) in [5, 5.41) is 3.74. The maximum Gasteiger partial charge on any atom is 0.0963 e. The molecule has 0 spiro atoms. The zero-order chi connectivity index (χ0) is 29.0. The van der Waals surface area contributed by atoms with Gasteiger partial charge < -0.3 is 4.57 Å². The SMILES string of the molecule is c1ccc(-c2cc(-c3ccccc3)nc(-c3ccc(-n4c5cccnc5c5ccc6sc7ccccc7c6c54)cc3)c2)cc1. The number of hydrogen-bond acceptors (Lipinski definition) is 3. The number of hydrogen-bond donors (Lipinski definition) is 0. The number of fused-ring (bicyclic) bond motifs is 7. The largest absolute Gasteiger partial charge is 0.307 e. The Morgan fingerprint density at radius 3 is 1.95 bits per heavy atom. The minimum atomic E-state index is 0.951. The maximum atomic E-state index is 5.14. The van der Waals surface area contributed by atoms with Crippen LogP contribution in [-0.2, 0) is 0 Å². The molecule has 44 heavy (non-hydrogen) atoms. The fourth-order valence-electron chi connectivity index (χ4n) is 6.41. The number of benzene rings is 5. The monoisotopic (exact) mass is 579 g/mol. The molecule has 0 saturated carbocycles. The second-order valence-electron chi connectivity index (χ2n) is 11.0. The second-order valence-corrected chi connectivity index (χ2v) is 12.1. The Labute approximate surface area is 258 Å². The summed E-state index contributed by atoms with van der Waals surface area (Å²) in [6.07, 6.45) is 1.89. The molecule has 206 valence electrons. The van der Waals surface area contributed by atoms with Gasteiger partial charge in [-0.15, -0.1) is 11.3 Å². The lowest BCUT2D eigenvalue weighted by atomic mass is 10.00. The van der Waals surface area contributed by atoms with E-state index >= 15 is 0 Å². The zero-order valence-electron chi connectivity index (χ0n) is 23.7. The summed E-state index contributed by atoms with van der Waals surface area (Å²) in [7, 11) is 0. The van der Waals surface area contributed by atoms with Crippen molar-refractivity contribution in [1.29, 1.82) is 0 Å². The molecule has 0 amide bonds. The van der Waals surface area contributed by atoms with Crippen LogP contribution in [0, 0.1) is 0 Å². The van der Waals surface area contributed by atoms with E-state index in [1.54, 1.807) is 0 Å². The molecular formula is C40H25N3S. The normalized spacial score (nSPS) is 11.6. The van der Waals surface area contributed by atoms with Gasteiger partial charge in [-0.05, 0) is 65.7 Å². The molecule has 9 aromatic rings. The lowest BCUT2D eigenvalue weighted by molar-refractivity contribution is 1.18.